The zero-order chi connectivity index (χ0) is 17.0. The number of unbranched alkanes of at least 4 members (excludes halogenated alkanes) is 16. The lowest BCUT2D eigenvalue weighted by atomic mass is 10.0. The Balaban J connectivity index is 3.01. The second-order valence-electron chi connectivity index (χ2n) is 6.96. The summed E-state index contributed by atoms with van der Waals surface area (Å²) in [4.78, 5) is 0. The van der Waals surface area contributed by atoms with E-state index in [4.69, 9.17) is 0 Å². The maximum Gasteiger partial charge on any atom is 0.0421 e. The van der Waals surface area contributed by atoms with Crippen molar-refractivity contribution in [1.29, 1.82) is 0 Å². The molecule has 0 amide bonds. The van der Waals surface area contributed by atoms with Gasteiger partial charge in [-0.05, 0) is 18.2 Å². The van der Waals surface area contributed by atoms with Gasteiger partial charge < -0.3 is 0 Å². The molecule has 0 aliphatic heterocycles. The summed E-state index contributed by atoms with van der Waals surface area (Å²) in [6.45, 7) is 2.29. The number of hydrogen-bond acceptors (Lipinski definition) is 1. The van der Waals surface area contributed by atoms with Crippen molar-refractivity contribution in [2.75, 3.05) is 6.26 Å². The van der Waals surface area contributed by atoms with Crippen LogP contribution in [0.4, 0.5) is 0 Å². The van der Waals surface area contributed by atoms with Gasteiger partial charge in [-0.15, -0.1) is 0 Å². The van der Waals surface area contributed by atoms with Crippen molar-refractivity contribution < 1.29 is 4.21 Å². The SMILES string of the molecule is CCCCCCCCCCCCCCCCCCC=CS(C)=O. The summed E-state index contributed by atoms with van der Waals surface area (Å²) in [5.74, 6) is 0. The summed E-state index contributed by atoms with van der Waals surface area (Å²) in [5, 5.41) is 1.81. The van der Waals surface area contributed by atoms with E-state index in [0.717, 1.165) is 6.42 Å². The predicted octanol–water partition coefficient (Wildman–Crippen LogP) is 7.53. The van der Waals surface area contributed by atoms with E-state index in [0.29, 0.717) is 0 Å². The largest absolute Gasteiger partial charge is 0.255 e. The molecule has 0 aromatic carbocycles. The molecule has 0 fully saturated rings. The lowest BCUT2D eigenvalue weighted by Gasteiger charge is -2.03. The third-order valence-electron chi connectivity index (χ3n) is 4.51. The molecule has 0 rings (SSSR count). The molecule has 0 radical (unpaired) electrons. The molecular formula is C21H42OS. The van der Waals surface area contributed by atoms with E-state index < -0.39 is 10.8 Å². The highest BCUT2D eigenvalue weighted by molar-refractivity contribution is 7.87. The second-order valence-corrected chi connectivity index (χ2v) is 8.23. The minimum Gasteiger partial charge on any atom is -0.255 e. The topological polar surface area (TPSA) is 17.1 Å². The fourth-order valence-corrected chi connectivity index (χ4v) is 3.42. The molecule has 0 bridgehead atoms. The van der Waals surface area contributed by atoms with Crippen LogP contribution in [0, 0.1) is 0 Å². The zero-order valence-corrected chi connectivity index (χ0v) is 16.8. The van der Waals surface area contributed by atoms with Gasteiger partial charge in [-0.2, -0.15) is 0 Å². The molecule has 0 aliphatic rings. The molecule has 23 heavy (non-hydrogen) atoms. The van der Waals surface area contributed by atoms with Crippen LogP contribution in [0.3, 0.4) is 0 Å². The first kappa shape index (κ1) is 22.9. The quantitative estimate of drug-likeness (QED) is 0.235. The summed E-state index contributed by atoms with van der Waals surface area (Å²) in [6.07, 6.45) is 27.5. The third-order valence-corrected chi connectivity index (χ3v) is 5.09. The van der Waals surface area contributed by atoms with Crippen molar-refractivity contribution in [3.8, 4) is 0 Å². The molecule has 1 atom stereocenters. The van der Waals surface area contributed by atoms with E-state index in [1.165, 1.54) is 103 Å². The highest BCUT2D eigenvalue weighted by Gasteiger charge is 1.94. The molecule has 0 saturated carbocycles. The van der Waals surface area contributed by atoms with Gasteiger partial charge in [0.15, 0.2) is 0 Å². The standard InChI is InChI=1S/C21H42OS/c1-3-4-5-6-7-8-9-10-11-12-13-14-15-16-17-18-19-20-21-23(2)22/h20-21H,3-19H2,1-2H3. The summed E-state index contributed by atoms with van der Waals surface area (Å²) in [5.41, 5.74) is 0. The highest BCUT2D eigenvalue weighted by Crippen LogP contribution is 2.14. The van der Waals surface area contributed by atoms with Gasteiger partial charge >= 0.3 is 0 Å². The van der Waals surface area contributed by atoms with E-state index >= 15 is 0 Å². The van der Waals surface area contributed by atoms with E-state index in [1.54, 1.807) is 6.26 Å². The molecule has 2 heteroatoms. The number of rotatable bonds is 18. The molecule has 0 aliphatic carbocycles. The highest BCUT2D eigenvalue weighted by atomic mass is 32.2. The Morgan fingerprint density at radius 2 is 0.957 bits per heavy atom. The van der Waals surface area contributed by atoms with Crippen LogP contribution >= 0.6 is 0 Å². The van der Waals surface area contributed by atoms with Gasteiger partial charge in [-0.1, -0.05) is 109 Å². The molecule has 1 nitrogen and oxygen atoms in total. The lowest BCUT2D eigenvalue weighted by molar-refractivity contribution is 0.530. The molecule has 138 valence electrons. The molecule has 0 N–H and O–H groups in total. The third kappa shape index (κ3) is 21.9. The molecule has 0 saturated heterocycles. The van der Waals surface area contributed by atoms with Crippen LogP contribution < -0.4 is 0 Å². The Morgan fingerprint density at radius 3 is 1.30 bits per heavy atom. The van der Waals surface area contributed by atoms with E-state index in [2.05, 4.69) is 13.0 Å². The Labute approximate surface area is 149 Å². The average molecular weight is 343 g/mol. The maximum absolute atomic E-state index is 10.8. The Bertz CT molecular complexity index is 273. The first-order valence-electron chi connectivity index (χ1n) is 10.3. The van der Waals surface area contributed by atoms with Gasteiger partial charge in [0.2, 0.25) is 0 Å². The van der Waals surface area contributed by atoms with Crippen LogP contribution in [-0.2, 0) is 10.8 Å². The monoisotopic (exact) mass is 342 g/mol. The van der Waals surface area contributed by atoms with Crippen molar-refractivity contribution in [1.82, 2.24) is 0 Å². The zero-order valence-electron chi connectivity index (χ0n) is 16.0. The van der Waals surface area contributed by atoms with E-state index in [9.17, 15) is 4.21 Å². The smallest absolute Gasteiger partial charge is 0.0421 e. The van der Waals surface area contributed by atoms with Crippen molar-refractivity contribution in [3.05, 3.63) is 11.5 Å². The van der Waals surface area contributed by atoms with Gasteiger partial charge in [-0.3, -0.25) is 4.21 Å². The van der Waals surface area contributed by atoms with Gasteiger partial charge in [0.1, 0.15) is 0 Å². The fourth-order valence-electron chi connectivity index (χ4n) is 3.01. The minimum atomic E-state index is -0.765. The van der Waals surface area contributed by atoms with Crippen molar-refractivity contribution in [3.63, 3.8) is 0 Å². The number of allylic oxidation sites excluding steroid dienone is 1. The van der Waals surface area contributed by atoms with E-state index in [1.807, 2.05) is 5.41 Å². The van der Waals surface area contributed by atoms with E-state index in [-0.39, 0.29) is 0 Å². The van der Waals surface area contributed by atoms with Gasteiger partial charge in [0.05, 0.1) is 0 Å². The van der Waals surface area contributed by atoms with Gasteiger partial charge in [0, 0.05) is 17.1 Å². The summed E-state index contributed by atoms with van der Waals surface area (Å²) in [6, 6.07) is 0. The fraction of sp³-hybridized carbons (Fsp3) is 0.905. The Morgan fingerprint density at radius 1 is 0.609 bits per heavy atom. The van der Waals surface area contributed by atoms with Gasteiger partial charge in [0.25, 0.3) is 0 Å². The lowest BCUT2D eigenvalue weighted by Crippen LogP contribution is -1.83. The summed E-state index contributed by atoms with van der Waals surface area (Å²) < 4.78 is 10.8. The average Bonchev–Trinajstić information content (AvgIpc) is 2.53. The van der Waals surface area contributed by atoms with Crippen molar-refractivity contribution in [2.45, 2.75) is 116 Å². The van der Waals surface area contributed by atoms with Crippen molar-refractivity contribution in [2.24, 2.45) is 0 Å². The minimum absolute atomic E-state index is 0.765. The predicted molar refractivity (Wildman–Crippen MR) is 107 cm³/mol. The normalized spacial score (nSPS) is 13.0. The van der Waals surface area contributed by atoms with Gasteiger partial charge in [-0.25, -0.2) is 0 Å². The molecule has 0 aromatic heterocycles. The second kappa shape index (κ2) is 19.9. The molecule has 0 spiro atoms. The first-order chi connectivity index (χ1) is 11.3. The molecular weight excluding hydrogens is 300 g/mol. The number of hydrogen-bond donors (Lipinski definition) is 0. The molecule has 0 heterocycles. The molecule has 1 unspecified atom stereocenters. The first-order valence-corrected chi connectivity index (χ1v) is 11.9. The van der Waals surface area contributed by atoms with Crippen LogP contribution in [0.2, 0.25) is 0 Å². The maximum atomic E-state index is 10.8. The summed E-state index contributed by atoms with van der Waals surface area (Å²) >= 11 is 0. The van der Waals surface area contributed by atoms with Crippen LogP contribution in [0.5, 0.6) is 0 Å². The van der Waals surface area contributed by atoms with Crippen molar-refractivity contribution >= 4 is 10.8 Å². The van der Waals surface area contributed by atoms with Crippen LogP contribution in [-0.4, -0.2) is 10.5 Å². The Kier molecular flexibility index (Phi) is 19.8. The van der Waals surface area contributed by atoms with Crippen LogP contribution in [0.25, 0.3) is 0 Å². The summed E-state index contributed by atoms with van der Waals surface area (Å²) in [7, 11) is -0.765. The molecule has 0 aromatic rings. The van der Waals surface area contributed by atoms with Crippen LogP contribution in [0.15, 0.2) is 11.5 Å². The van der Waals surface area contributed by atoms with Crippen LogP contribution in [0.1, 0.15) is 116 Å². The Hall–Kier alpha value is -0.110.